The molecule has 3 aromatic rings. The molecule has 0 radical (unpaired) electrons. The second kappa shape index (κ2) is 11.0. The van der Waals surface area contributed by atoms with Crippen LogP contribution in [0.15, 0.2) is 54.7 Å². The van der Waals surface area contributed by atoms with Gasteiger partial charge in [0.25, 0.3) is 16.0 Å². The number of aromatic nitrogens is 1. The van der Waals surface area contributed by atoms with E-state index in [2.05, 4.69) is 0 Å². The van der Waals surface area contributed by atoms with Crippen molar-refractivity contribution in [3.8, 4) is 0 Å². The summed E-state index contributed by atoms with van der Waals surface area (Å²) >= 11 is 6.19. The molecule has 0 atom stereocenters. The Hall–Kier alpha value is -2.93. The molecule has 10 nitrogen and oxygen atoms in total. The highest BCUT2D eigenvalue weighted by Crippen LogP contribution is 2.29. The summed E-state index contributed by atoms with van der Waals surface area (Å²) in [6.45, 7) is 0.595. The number of carbonyl (C=O) groups excluding carboxylic acids is 2. The molecule has 38 heavy (non-hydrogen) atoms. The number of halogens is 1. The lowest BCUT2D eigenvalue weighted by Crippen LogP contribution is -2.46. The van der Waals surface area contributed by atoms with Crippen molar-refractivity contribution in [1.29, 1.82) is 0 Å². The van der Waals surface area contributed by atoms with E-state index in [0.29, 0.717) is 37.0 Å². The van der Waals surface area contributed by atoms with E-state index in [4.69, 9.17) is 17.2 Å². The molecule has 4 rings (SSSR count). The average molecular weight is 583 g/mol. The van der Waals surface area contributed by atoms with E-state index in [0.717, 1.165) is 16.5 Å². The van der Waals surface area contributed by atoms with Crippen molar-refractivity contribution in [3.05, 3.63) is 65.3 Å². The molecular weight excluding hydrogens is 554 g/mol. The lowest BCUT2D eigenvalue weighted by Gasteiger charge is -2.33. The molecule has 0 aliphatic carbocycles. The zero-order chi connectivity index (χ0) is 28.5. The molecule has 1 fully saturated rings. The van der Waals surface area contributed by atoms with Gasteiger partial charge in [0.2, 0.25) is 15.9 Å². The second-order valence-electron chi connectivity index (χ2n) is 9.22. The van der Waals surface area contributed by atoms with Crippen LogP contribution in [0.25, 0.3) is 10.9 Å². The predicted octanol–water partition coefficient (Wildman–Crippen LogP) is 2.96. The fourth-order valence-corrected chi connectivity index (χ4v) is 5.84. The van der Waals surface area contributed by atoms with Gasteiger partial charge in [0.1, 0.15) is 6.54 Å². The van der Waals surface area contributed by atoms with Gasteiger partial charge < -0.3 is 4.90 Å². The highest BCUT2D eigenvalue weighted by atomic mass is 35.5. The SMILES string of the molecule is [2H]c1c(Cl)c2ccc(C(=O)N(CC(=O)N3CCC(COS(C)(=O)=O)CC3)c3ccccc3)cc2n1S(C)(=O)=O. The number of anilines is 1. The molecule has 1 aliphatic rings. The first kappa shape index (κ1) is 26.7. The molecule has 13 heteroatoms. The summed E-state index contributed by atoms with van der Waals surface area (Å²) in [5.74, 6) is -0.814. The molecule has 2 aromatic carbocycles. The number of likely N-dealkylation sites (tertiary alicyclic amines) is 1. The average Bonchev–Trinajstić information content (AvgIpc) is 3.15. The van der Waals surface area contributed by atoms with Gasteiger partial charge in [0.15, 0.2) is 0 Å². The normalized spacial score (nSPS) is 15.4. The number of rotatable bonds is 8. The lowest BCUT2D eigenvalue weighted by atomic mass is 9.98. The van der Waals surface area contributed by atoms with E-state index in [1.54, 1.807) is 35.2 Å². The van der Waals surface area contributed by atoms with Gasteiger partial charge in [-0.2, -0.15) is 8.42 Å². The van der Waals surface area contributed by atoms with Gasteiger partial charge >= 0.3 is 0 Å². The maximum absolute atomic E-state index is 13.7. The Morgan fingerprint density at radius 3 is 2.34 bits per heavy atom. The van der Waals surface area contributed by atoms with Crippen molar-refractivity contribution in [3.63, 3.8) is 0 Å². The molecule has 0 spiro atoms. The summed E-state index contributed by atoms with van der Waals surface area (Å²) in [5.41, 5.74) is 0.691. The van der Waals surface area contributed by atoms with Gasteiger partial charge in [-0.05, 0) is 43.0 Å². The molecule has 2 heterocycles. The highest BCUT2D eigenvalue weighted by Gasteiger charge is 2.28. The van der Waals surface area contributed by atoms with Gasteiger partial charge in [-0.3, -0.25) is 18.7 Å². The number of amides is 2. The number of benzene rings is 2. The van der Waals surface area contributed by atoms with Gasteiger partial charge in [-0.1, -0.05) is 35.9 Å². The molecule has 0 N–H and O–H groups in total. The third-order valence-electron chi connectivity index (χ3n) is 6.32. The standard InChI is InChI=1S/C25H28ClN3O7S2/c1-37(32,33)29-15-22(26)21-9-8-19(14-23(21)29)25(31)28(20-6-4-3-5-7-20)16-24(30)27-12-10-18(11-13-27)17-36-38(2,34)35/h3-9,14-15,18H,10-13,16-17H2,1-2H3/i15D. The van der Waals surface area contributed by atoms with E-state index >= 15 is 0 Å². The first-order valence-corrected chi connectivity index (χ1v) is 15.8. The first-order chi connectivity index (χ1) is 18.3. The molecule has 0 bridgehead atoms. The summed E-state index contributed by atoms with van der Waals surface area (Å²) in [6.07, 6.45) is 2.67. The quantitative estimate of drug-likeness (QED) is 0.374. The van der Waals surface area contributed by atoms with Gasteiger partial charge in [0, 0.05) is 35.9 Å². The van der Waals surface area contributed by atoms with E-state index in [9.17, 15) is 26.4 Å². The van der Waals surface area contributed by atoms with E-state index in [1.165, 1.54) is 23.1 Å². The van der Waals surface area contributed by atoms with Crippen molar-refractivity contribution in [2.24, 2.45) is 5.92 Å². The summed E-state index contributed by atoms with van der Waals surface area (Å²) < 4.78 is 61.0. The van der Waals surface area contributed by atoms with Gasteiger partial charge in [-0.25, -0.2) is 12.4 Å². The van der Waals surface area contributed by atoms with Crippen molar-refractivity contribution in [2.75, 3.05) is 43.7 Å². The molecular formula is C25H28ClN3O7S2. The maximum atomic E-state index is 13.7. The molecule has 1 saturated heterocycles. The Labute approximate surface area is 228 Å². The highest BCUT2D eigenvalue weighted by molar-refractivity contribution is 7.89. The summed E-state index contributed by atoms with van der Waals surface area (Å²) in [6, 6.07) is 13.0. The Kier molecular flexibility index (Phi) is 7.75. The Morgan fingerprint density at radius 2 is 1.74 bits per heavy atom. The topological polar surface area (TPSA) is 123 Å². The predicted molar refractivity (Wildman–Crippen MR) is 145 cm³/mol. The third kappa shape index (κ3) is 6.55. The molecule has 2 amide bonds. The first-order valence-electron chi connectivity index (χ1n) is 12.3. The number of carbonyl (C=O) groups is 2. The van der Waals surface area contributed by atoms with Crippen molar-refractivity contribution >= 4 is 60.1 Å². The minimum Gasteiger partial charge on any atom is -0.341 e. The van der Waals surface area contributed by atoms with Crippen LogP contribution in [-0.4, -0.2) is 76.3 Å². The van der Waals surface area contributed by atoms with E-state index in [-0.39, 0.29) is 41.1 Å². The zero-order valence-corrected chi connectivity index (χ0v) is 23.2. The Morgan fingerprint density at radius 1 is 1.08 bits per heavy atom. The fraction of sp³-hybridized carbons (Fsp3) is 0.360. The second-order valence-corrected chi connectivity index (χ2v) is 13.1. The molecule has 204 valence electrons. The van der Waals surface area contributed by atoms with Crippen LogP contribution in [0.3, 0.4) is 0 Å². The number of nitrogens with zero attached hydrogens (tertiary/aromatic N) is 3. The number of para-hydroxylation sites is 1. The smallest absolute Gasteiger partial charge is 0.264 e. The van der Waals surface area contributed by atoms with Crippen LogP contribution < -0.4 is 4.90 Å². The van der Waals surface area contributed by atoms with Crippen LogP contribution in [0, 0.1) is 5.92 Å². The molecule has 1 aliphatic heterocycles. The van der Waals surface area contributed by atoms with Crippen LogP contribution in [0.2, 0.25) is 5.02 Å². The van der Waals surface area contributed by atoms with Crippen molar-refractivity contribution < 1.29 is 32.0 Å². The maximum Gasteiger partial charge on any atom is 0.264 e. The molecule has 0 unspecified atom stereocenters. The number of hydrogen-bond donors (Lipinski definition) is 0. The van der Waals surface area contributed by atoms with Gasteiger partial charge in [-0.15, -0.1) is 0 Å². The minimum atomic E-state index is -3.89. The number of hydrogen-bond acceptors (Lipinski definition) is 7. The van der Waals surface area contributed by atoms with Crippen LogP contribution in [-0.2, 0) is 29.1 Å². The summed E-state index contributed by atoms with van der Waals surface area (Å²) in [7, 11) is -7.43. The largest absolute Gasteiger partial charge is 0.341 e. The fourth-order valence-electron chi connectivity index (χ4n) is 4.34. The minimum absolute atomic E-state index is 0.00203. The van der Waals surface area contributed by atoms with Crippen molar-refractivity contribution in [1.82, 2.24) is 8.87 Å². The van der Waals surface area contributed by atoms with Crippen LogP contribution in [0.4, 0.5) is 5.69 Å². The molecule has 0 saturated carbocycles. The van der Waals surface area contributed by atoms with E-state index < -0.39 is 32.2 Å². The number of fused-ring (bicyclic) bond motifs is 1. The molecule has 1 aromatic heterocycles. The summed E-state index contributed by atoms with van der Waals surface area (Å²) in [5, 5.41) is 0.267. The zero-order valence-electron chi connectivity index (χ0n) is 21.8. The van der Waals surface area contributed by atoms with Crippen molar-refractivity contribution in [2.45, 2.75) is 12.8 Å². The lowest BCUT2D eigenvalue weighted by molar-refractivity contribution is -0.131. The Bertz CT molecular complexity index is 1620. The summed E-state index contributed by atoms with van der Waals surface area (Å²) in [4.78, 5) is 29.9. The van der Waals surface area contributed by atoms with Crippen LogP contribution in [0.1, 0.15) is 24.6 Å². The van der Waals surface area contributed by atoms with Crippen LogP contribution >= 0.6 is 11.6 Å². The van der Waals surface area contributed by atoms with Gasteiger partial charge in [0.05, 0.1) is 31.0 Å². The third-order valence-corrected chi connectivity index (χ3v) is 8.13. The van der Waals surface area contributed by atoms with Crippen LogP contribution in [0.5, 0.6) is 0 Å². The van der Waals surface area contributed by atoms with E-state index in [1.807, 2.05) is 0 Å². The monoisotopic (exact) mass is 582 g/mol. The number of piperidine rings is 1. The Balaban J connectivity index is 1.58.